The third-order valence-electron chi connectivity index (χ3n) is 2.45. The minimum absolute atomic E-state index is 0.355. The highest BCUT2D eigenvalue weighted by Gasteiger charge is 2.16. The van der Waals surface area contributed by atoms with Crippen LogP contribution in [0, 0.1) is 0 Å². The van der Waals surface area contributed by atoms with Gasteiger partial charge in [-0.05, 0) is 19.1 Å². The summed E-state index contributed by atoms with van der Waals surface area (Å²) >= 11 is 0. The van der Waals surface area contributed by atoms with Crippen LogP contribution in [0.3, 0.4) is 0 Å². The molecule has 1 aromatic carbocycles. The maximum atomic E-state index is 11.5. The minimum Gasteiger partial charge on any atom is -0.486 e. The number of hydrogen-bond acceptors (Lipinski definition) is 4. The first kappa shape index (κ1) is 11.6. The summed E-state index contributed by atoms with van der Waals surface area (Å²) in [6.45, 7) is 3.21. The summed E-state index contributed by atoms with van der Waals surface area (Å²) in [6.07, 6.45) is -0.385. The van der Waals surface area contributed by atoms with E-state index in [9.17, 15) is 4.79 Å². The van der Waals surface area contributed by atoms with E-state index >= 15 is 0 Å². The lowest BCUT2D eigenvalue weighted by molar-refractivity contribution is 0.161. The fourth-order valence-corrected chi connectivity index (χ4v) is 1.57. The van der Waals surface area contributed by atoms with Crippen LogP contribution < -0.4 is 14.4 Å². The van der Waals surface area contributed by atoms with Crippen molar-refractivity contribution >= 4 is 11.8 Å². The molecule has 1 aliphatic rings. The number of carbonyl (C=O) groups is 1. The monoisotopic (exact) mass is 237 g/mol. The molecule has 0 saturated carbocycles. The quantitative estimate of drug-likeness (QED) is 0.789. The maximum Gasteiger partial charge on any atom is 0.413 e. The van der Waals surface area contributed by atoms with E-state index in [-0.39, 0.29) is 6.09 Å². The maximum absolute atomic E-state index is 11.5. The Kier molecular flexibility index (Phi) is 3.37. The fraction of sp³-hybridized carbons (Fsp3) is 0.417. The smallest absolute Gasteiger partial charge is 0.413 e. The van der Waals surface area contributed by atoms with Crippen LogP contribution in [-0.2, 0) is 4.74 Å². The molecule has 1 amide bonds. The van der Waals surface area contributed by atoms with Crippen molar-refractivity contribution in [2.75, 3.05) is 31.8 Å². The number of anilines is 1. The van der Waals surface area contributed by atoms with Crippen LogP contribution in [0.1, 0.15) is 6.92 Å². The topological polar surface area (TPSA) is 48.0 Å². The summed E-state index contributed by atoms with van der Waals surface area (Å²) < 4.78 is 15.8. The molecule has 2 rings (SSSR count). The second kappa shape index (κ2) is 4.95. The van der Waals surface area contributed by atoms with Crippen molar-refractivity contribution in [2.45, 2.75) is 6.92 Å². The highest BCUT2D eigenvalue weighted by molar-refractivity contribution is 5.87. The summed E-state index contributed by atoms with van der Waals surface area (Å²) in [5.74, 6) is 1.36. The van der Waals surface area contributed by atoms with Crippen LogP contribution in [-0.4, -0.2) is 33.0 Å². The second-order valence-corrected chi connectivity index (χ2v) is 3.59. The van der Waals surface area contributed by atoms with Crippen molar-refractivity contribution in [1.29, 1.82) is 0 Å². The molecular weight excluding hydrogens is 222 g/mol. The van der Waals surface area contributed by atoms with Crippen LogP contribution >= 0.6 is 0 Å². The van der Waals surface area contributed by atoms with Crippen molar-refractivity contribution in [3.05, 3.63) is 18.2 Å². The van der Waals surface area contributed by atoms with Gasteiger partial charge in [0.25, 0.3) is 0 Å². The highest BCUT2D eigenvalue weighted by atomic mass is 16.6. The molecule has 5 nitrogen and oxygen atoms in total. The predicted octanol–water partition coefficient (Wildman–Crippen LogP) is 2.05. The zero-order valence-corrected chi connectivity index (χ0v) is 9.93. The standard InChI is InChI=1S/C12H15NO4/c1-3-15-12(14)13(2)9-4-5-10-11(8-9)17-7-6-16-10/h4-5,8H,3,6-7H2,1-2H3. The normalized spacial score (nSPS) is 13.1. The second-order valence-electron chi connectivity index (χ2n) is 3.59. The summed E-state index contributed by atoms with van der Waals surface area (Å²) in [6, 6.07) is 5.36. The molecule has 0 unspecified atom stereocenters. The first-order chi connectivity index (χ1) is 8.22. The van der Waals surface area contributed by atoms with E-state index in [0.717, 1.165) is 0 Å². The Hall–Kier alpha value is -1.91. The zero-order valence-electron chi connectivity index (χ0n) is 9.93. The number of benzene rings is 1. The van der Waals surface area contributed by atoms with Crippen LogP contribution in [0.15, 0.2) is 18.2 Å². The number of fused-ring (bicyclic) bond motifs is 1. The van der Waals surface area contributed by atoms with E-state index in [2.05, 4.69) is 0 Å². The van der Waals surface area contributed by atoms with Crippen molar-refractivity contribution in [2.24, 2.45) is 0 Å². The van der Waals surface area contributed by atoms with Crippen molar-refractivity contribution in [1.82, 2.24) is 0 Å². The lowest BCUT2D eigenvalue weighted by atomic mass is 10.2. The van der Waals surface area contributed by atoms with Gasteiger partial charge in [-0.25, -0.2) is 4.79 Å². The predicted molar refractivity (Wildman–Crippen MR) is 62.9 cm³/mol. The molecule has 0 aliphatic carbocycles. The number of ether oxygens (including phenoxy) is 3. The van der Waals surface area contributed by atoms with Gasteiger partial charge >= 0.3 is 6.09 Å². The third-order valence-corrected chi connectivity index (χ3v) is 2.45. The number of rotatable bonds is 2. The molecule has 5 heteroatoms. The largest absolute Gasteiger partial charge is 0.486 e. The molecule has 0 fully saturated rings. The molecule has 1 aliphatic heterocycles. The van der Waals surface area contributed by atoms with E-state index in [1.807, 2.05) is 0 Å². The van der Waals surface area contributed by atoms with Gasteiger partial charge in [0.1, 0.15) is 13.2 Å². The van der Waals surface area contributed by atoms with E-state index < -0.39 is 0 Å². The molecule has 0 aromatic heterocycles. The van der Waals surface area contributed by atoms with Gasteiger partial charge in [0.2, 0.25) is 0 Å². The van der Waals surface area contributed by atoms with E-state index in [1.165, 1.54) is 4.90 Å². The molecule has 0 atom stereocenters. The van der Waals surface area contributed by atoms with Gasteiger partial charge in [-0.2, -0.15) is 0 Å². The van der Waals surface area contributed by atoms with E-state index in [0.29, 0.717) is 37.0 Å². The Morgan fingerprint density at radius 1 is 1.35 bits per heavy atom. The Morgan fingerprint density at radius 3 is 2.76 bits per heavy atom. The zero-order chi connectivity index (χ0) is 12.3. The number of carbonyl (C=O) groups excluding carboxylic acids is 1. The van der Waals surface area contributed by atoms with Gasteiger partial charge in [-0.3, -0.25) is 4.90 Å². The van der Waals surface area contributed by atoms with Gasteiger partial charge in [0.05, 0.1) is 12.3 Å². The van der Waals surface area contributed by atoms with Gasteiger partial charge < -0.3 is 14.2 Å². The summed E-state index contributed by atoms with van der Waals surface area (Å²) in [5, 5.41) is 0. The van der Waals surface area contributed by atoms with Crippen molar-refractivity contribution < 1.29 is 19.0 Å². The average Bonchev–Trinajstić information content (AvgIpc) is 2.37. The number of nitrogens with zero attached hydrogens (tertiary/aromatic N) is 1. The van der Waals surface area contributed by atoms with Gasteiger partial charge in [0.15, 0.2) is 11.5 Å². The lowest BCUT2D eigenvalue weighted by Crippen LogP contribution is -2.27. The summed E-state index contributed by atoms with van der Waals surface area (Å²) in [4.78, 5) is 13.0. The van der Waals surface area contributed by atoms with Crippen molar-refractivity contribution in [3.8, 4) is 11.5 Å². The molecule has 0 spiro atoms. The molecule has 1 heterocycles. The van der Waals surface area contributed by atoms with Gasteiger partial charge in [-0.15, -0.1) is 0 Å². The molecular formula is C12H15NO4. The molecule has 92 valence electrons. The van der Waals surface area contributed by atoms with Crippen molar-refractivity contribution in [3.63, 3.8) is 0 Å². The number of amides is 1. The van der Waals surface area contributed by atoms with Crippen LogP contribution in [0.5, 0.6) is 11.5 Å². The van der Waals surface area contributed by atoms with Crippen LogP contribution in [0.2, 0.25) is 0 Å². The third kappa shape index (κ3) is 2.43. The molecule has 17 heavy (non-hydrogen) atoms. The Labute approximate surface area is 99.9 Å². The first-order valence-corrected chi connectivity index (χ1v) is 5.52. The van der Waals surface area contributed by atoms with Crippen LogP contribution in [0.4, 0.5) is 10.5 Å². The summed E-state index contributed by atoms with van der Waals surface area (Å²) in [5.41, 5.74) is 0.715. The Balaban J connectivity index is 2.18. The number of hydrogen-bond donors (Lipinski definition) is 0. The molecule has 0 radical (unpaired) electrons. The molecule has 0 N–H and O–H groups in total. The summed E-state index contributed by atoms with van der Waals surface area (Å²) in [7, 11) is 1.66. The fourth-order valence-electron chi connectivity index (χ4n) is 1.57. The highest BCUT2D eigenvalue weighted by Crippen LogP contribution is 2.33. The van der Waals surface area contributed by atoms with E-state index in [4.69, 9.17) is 14.2 Å². The average molecular weight is 237 g/mol. The molecule has 0 bridgehead atoms. The minimum atomic E-state index is -0.385. The van der Waals surface area contributed by atoms with Crippen LogP contribution in [0.25, 0.3) is 0 Å². The molecule has 0 saturated heterocycles. The van der Waals surface area contributed by atoms with Gasteiger partial charge in [0, 0.05) is 13.1 Å². The first-order valence-electron chi connectivity index (χ1n) is 5.52. The lowest BCUT2D eigenvalue weighted by Gasteiger charge is -2.21. The SMILES string of the molecule is CCOC(=O)N(C)c1ccc2c(c1)OCCO2. The van der Waals surface area contributed by atoms with E-state index in [1.54, 1.807) is 32.2 Å². The Morgan fingerprint density at radius 2 is 2.06 bits per heavy atom. The Bertz CT molecular complexity index is 419. The van der Waals surface area contributed by atoms with Gasteiger partial charge in [-0.1, -0.05) is 0 Å². The molecule has 1 aromatic rings.